The largest absolute Gasteiger partial charge is 0.289 e. The molecule has 0 aromatic carbocycles. The molecule has 0 radical (unpaired) electrons. The molecule has 0 aromatic heterocycles. The Kier molecular flexibility index (Phi) is 2.60. The Labute approximate surface area is 64.9 Å². The first kappa shape index (κ1) is 9.17. The standard InChI is InChI=1S/C6H7NO2.ClH/c1-3-4(2)6(9)7-5(3)8;/h1-2H3,(H,7,8,9);1H. The van der Waals surface area contributed by atoms with E-state index >= 15 is 0 Å². The van der Waals surface area contributed by atoms with E-state index < -0.39 is 0 Å². The van der Waals surface area contributed by atoms with E-state index in [-0.39, 0.29) is 24.2 Å². The summed E-state index contributed by atoms with van der Waals surface area (Å²) in [5, 5.41) is 2.16. The first-order valence-corrected chi connectivity index (χ1v) is 2.66. The van der Waals surface area contributed by atoms with Gasteiger partial charge in [0.15, 0.2) is 0 Å². The van der Waals surface area contributed by atoms with E-state index in [0.717, 1.165) is 0 Å². The lowest BCUT2D eigenvalue weighted by Crippen LogP contribution is -2.22. The van der Waals surface area contributed by atoms with Crippen LogP contribution < -0.4 is 5.32 Å². The second kappa shape index (κ2) is 2.84. The normalized spacial score (nSPS) is 17.0. The first-order valence-electron chi connectivity index (χ1n) is 2.66. The van der Waals surface area contributed by atoms with Crippen LogP contribution in [0, 0.1) is 0 Å². The lowest BCUT2D eigenvalue weighted by atomic mass is 10.2. The minimum atomic E-state index is -0.266. The van der Waals surface area contributed by atoms with Crippen LogP contribution in [0.4, 0.5) is 0 Å². The molecule has 0 saturated heterocycles. The van der Waals surface area contributed by atoms with Gasteiger partial charge in [-0.3, -0.25) is 14.9 Å². The van der Waals surface area contributed by atoms with Gasteiger partial charge in [-0.05, 0) is 13.8 Å². The van der Waals surface area contributed by atoms with Crippen molar-refractivity contribution in [3.8, 4) is 0 Å². The summed E-state index contributed by atoms with van der Waals surface area (Å²) in [7, 11) is 0. The lowest BCUT2D eigenvalue weighted by molar-refractivity contribution is -0.124. The van der Waals surface area contributed by atoms with E-state index in [2.05, 4.69) is 5.32 Å². The molecular formula is C6H8ClNO2. The molecule has 0 unspecified atom stereocenters. The second-order valence-electron chi connectivity index (χ2n) is 2.03. The summed E-state index contributed by atoms with van der Waals surface area (Å²) in [4.78, 5) is 21.2. The highest BCUT2D eigenvalue weighted by atomic mass is 35.5. The zero-order chi connectivity index (χ0) is 7.02. The molecule has 1 aliphatic rings. The molecule has 0 bridgehead atoms. The van der Waals surface area contributed by atoms with Crippen molar-refractivity contribution in [2.24, 2.45) is 0 Å². The number of hydrogen-bond donors (Lipinski definition) is 1. The average molecular weight is 162 g/mol. The Bertz CT molecular complexity index is 198. The molecule has 0 aromatic rings. The van der Waals surface area contributed by atoms with Gasteiger partial charge in [0.25, 0.3) is 11.8 Å². The molecule has 56 valence electrons. The molecule has 1 heterocycles. The molecular weight excluding hydrogens is 154 g/mol. The minimum absolute atomic E-state index is 0. The quantitative estimate of drug-likeness (QED) is 0.523. The lowest BCUT2D eigenvalue weighted by Gasteiger charge is -1.84. The van der Waals surface area contributed by atoms with Crippen molar-refractivity contribution in [2.75, 3.05) is 0 Å². The van der Waals surface area contributed by atoms with Gasteiger partial charge in [-0.1, -0.05) is 0 Å². The fourth-order valence-corrected chi connectivity index (χ4v) is 0.631. The smallest absolute Gasteiger partial charge is 0.254 e. The van der Waals surface area contributed by atoms with E-state index in [0.29, 0.717) is 11.1 Å². The Morgan fingerprint density at radius 1 is 1.00 bits per heavy atom. The van der Waals surface area contributed by atoms with Gasteiger partial charge in [0.1, 0.15) is 0 Å². The van der Waals surface area contributed by atoms with Crippen molar-refractivity contribution in [3.05, 3.63) is 11.1 Å². The van der Waals surface area contributed by atoms with Crippen molar-refractivity contribution < 1.29 is 9.59 Å². The summed E-state index contributed by atoms with van der Waals surface area (Å²) < 4.78 is 0. The van der Waals surface area contributed by atoms with Crippen molar-refractivity contribution >= 4 is 24.2 Å². The van der Waals surface area contributed by atoms with Crippen LogP contribution in [0.5, 0.6) is 0 Å². The van der Waals surface area contributed by atoms with Crippen LogP contribution in [-0.4, -0.2) is 11.8 Å². The molecule has 4 heteroatoms. The highest BCUT2D eigenvalue weighted by Gasteiger charge is 2.22. The third kappa shape index (κ3) is 1.19. The Morgan fingerprint density at radius 2 is 1.30 bits per heavy atom. The molecule has 0 saturated carbocycles. The van der Waals surface area contributed by atoms with E-state index in [1.165, 1.54) is 0 Å². The van der Waals surface area contributed by atoms with Crippen LogP contribution >= 0.6 is 12.4 Å². The molecule has 2 amide bonds. The van der Waals surface area contributed by atoms with Gasteiger partial charge in [-0.25, -0.2) is 0 Å². The molecule has 0 spiro atoms. The summed E-state index contributed by atoms with van der Waals surface area (Å²) in [6.45, 7) is 3.27. The molecule has 0 atom stereocenters. The van der Waals surface area contributed by atoms with Gasteiger partial charge in [0.2, 0.25) is 0 Å². The Morgan fingerprint density at radius 3 is 1.40 bits per heavy atom. The maximum atomic E-state index is 10.6. The van der Waals surface area contributed by atoms with E-state index in [4.69, 9.17) is 0 Å². The number of hydrogen-bond acceptors (Lipinski definition) is 2. The average Bonchev–Trinajstić information content (AvgIpc) is 1.98. The molecule has 1 N–H and O–H groups in total. The number of carbonyl (C=O) groups excluding carboxylic acids is 2. The SMILES string of the molecule is CC1=C(C)C(=O)NC1=O.Cl. The van der Waals surface area contributed by atoms with Crippen LogP contribution in [0.1, 0.15) is 13.8 Å². The highest BCUT2D eigenvalue weighted by molar-refractivity contribution is 6.18. The Hall–Kier alpha value is -0.830. The summed E-state index contributed by atoms with van der Waals surface area (Å²) in [6.07, 6.45) is 0. The molecule has 10 heavy (non-hydrogen) atoms. The summed E-state index contributed by atoms with van der Waals surface area (Å²) in [5.41, 5.74) is 1.06. The number of halogens is 1. The third-order valence-corrected chi connectivity index (χ3v) is 1.47. The van der Waals surface area contributed by atoms with Crippen molar-refractivity contribution in [2.45, 2.75) is 13.8 Å². The topological polar surface area (TPSA) is 46.2 Å². The predicted molar refractivity (Wildman–Crippen MR) is 38.8 cm³/mol. The number of imide groups is 1. The number of nitrogens with one attached hydrogen (secondary N) is 1. The fraction of sp³-hybridized carbons (Fsp3) is 0.333. The summed E-state index contributed by atoms with van der Waals surface area (Å²) in [5.74, 6) is -0.532. The number of rotatable bonds is 0. The van der Waals surface area contributed by atoms with Gasteiger partial charge in [-0.15, -0.1) is 12.4 Å². The fourth-order valence-electron chi connectivity index (χ4n) is 0.631. The number of carbonyl (C=O) groups is 2. The van der Waals surface area contributed by atoms with Crippen molar-refractivity contribution in [3.63, 3.8) is 0 Å². The van der Waals surface area contributed by atoms with Gasteiger partial charge in [0.05, 0.1) is 0 Å². The molecule has 1 aliphatic heterocycles. The highest BCUT2D eigenvalue weighted by Crippen LogP contribution is 2.09. The van der Waals surface area contributed by atoms with Gasteiger partial charge >= 0.3 is 0 Å². The predicted octanol–water partition coefficient (Wildman–Crippen LogP) is 0.401. The first-order chi connectivity index (χ1) is 4.13. The third-order valence-electron chi connectivity index (χ3n) is 1.47. The zero-order valence-corrected chi connectivity index (χ0v) is 6.54. The maximum Gasteiger partial charge on any atom is 0.254 e. The van der Waals surface area contributed by atoms with Crippen LogP contribution in [-0.2, 0) is 9.59 Å². The van der Waals surface area contributed by atoms with E-state index in [1.54, 1.807) is 13.8 Å². The van der Waals surface area contributed by atoms with Gasteiger partial charge in [0, 0.05) is 11.1 Å². The summed E-state index contributed by atoms with van der Waals surface area (Å²) >= 11 is 0. The maximum absolute atomic E-state index is 10.6. The van der Waals surface area contributed by atoms with Gasteiger partial charge in [-0.2, -0.15) is 0 Å². The molecule has 1 rings (SSSR count). The van der Waals surface area contributed by atoms with Crippen LogP contribution in [0.25, 0.3) is 0 Å². The second-order valence-corrected chi connectivity index (χ2v) is 2.03. The van der Waals surface area contributed by atoms with E-state index in [1.807, 2.05) is 0 Å². The molecule has 3 nitrogen and oxygen atoms in total. The monoisotopic (exact) mass is 161 g/mol. The van der Waals surface area contributed by atoms with Gasteiger partial charge < -0.3 is 0 Å². The number of amides is 2. The zero-order valence-electron chi connectivity index (χ0n) is 5.72. The summed E-state index contributed by atoms with van der Waals surface area (Å²) in [6, 6.07) is 0. The van der Waals surface area contributed by atoms with Crippen LogP contribution in [0.15, 0.2) is 11.1 Å². The van der Waals surface area contributed by atoms with Crippen LogP contribution in [0.3, 0.4) is 0 Å². The van der Waals surface area contributed by atoms with Crippen LogP contribution in [0.2, 0.25) is 0 Å². The van der Waals surface area contributed by atoms with E-state index in [9.17, 15) is 9.59 Å². The van der Waals surface area contributed by atoms with Crippen molar-refractivity contribution in [1.82, 2.24) is 5.32 Å². The molecule has 0 fully saturated rings. The van der Waals surface area contributed by atoms with Crippen molar-refractivity contribution in [1.29, 1.82) is 0 Å². The molecule has 0 aliphatic carbocycles. The minimum Gasteiger partial charge on any atom is -0.289 e. The Balaban J connectivity index is 0.000000810.